The van der Waals surface area contributed by atoms with Crippen LogP contribution in [-0.4, -0.2) is 46.6 Å². The Labute approximate surface area is 148 Å². The third kappa shape index (κ3) is 4.33. The summed E-state index contributed by atoms with van der Waals surface area (Å²) in [6.45, 7) is 2.05. The highest BCUT2D eigenvalue weighted by atomic mass is 19.4. The zero-order valence-corrected chi connectivity index (χ0v) is 14.3. The number of alkyl halides is 3. The smallest absolute Gasteiger partial charge is 0.475 e. The van der Waals surface area contributed by atoms with Gasteiger partial charge in [-0.05, 0) is 30.7 Å². The van der Waals surface area contributed by atoms with Crippen LogP contribution in [0.25, 0.3) is 0 Å². The fourth-order valence-electron chi connectivity index (χ4n) is 3.09. The van der Waals surface area contributed by atoms with Gasteiger partial charge < -0.3 is 10.8 Å². The molecule has 3 N–H and O–H groups in total. The lowest BCUT2D eigenvalue weighted by Gasteiger charge is -2.33. The number of hydrogen-bond donors (Lipinski definition) is 2. The zero-order chi connectivity index (χ0) is 19.7. The molecule has 1 amide bonds. The van der Waals surface area contributed by atoms with E-state index in [2.05, 4.69) is 36.2 Å². The second-order valence-electron chi connectivity index (χ2n) is 6.62. The van der Waals surface area contributed by atoms with Gasteiger partial charge >= 0.3 is 12.1 Å². The molecule has 0 radical (unpaired) electrons. The monoisotopic (exact) mass is 371 g/mol. The second kappa shape index (κ2) is 6.97. The standard InChI is InChI=1S/C15H19N3O.C2HF3O2/c1-15(9-13(19)18(2)14(16)17-15)12-8-11(12)10-6-4-3-5-7-10;3-2(4,5)1(6)7/h3-7,11-12H,8-9H2,1-2H3,(H2,16,17);(H,6,7)/t11-,12-,15+;/m0./s1. The molecule has 0 aromatic heterocycles. The maximum atomic E-state index is 12.0. The summed E-state index contributed by atoms with van der Waals surface area (Å²) in [5, 5.41) is 7.12. The summed E-state index contributed by atoms with van der Waals surface area (Å²) in [5.74, 6) is -1.41. The number of halogens is 3. The molecule has 0 spiro atoms. The van der Waals surface area contributed by atoms with Crippen LogP contribution < -0.4 is 5.73 Å². The lowest BCUT2D eigenvalue weighted by molar-refractivity contribution is -0.192. The number of carbonyl (C=O) groups excluding carboxylic acids is 1. The van der Waals surface area contributed by atoms with Crippen LogP contribution in [-0.2, 0) is 9.59 Å². The van der Waals surface area contributed by atoms with Gasteiger partial charge in [0.25, 0.3) is 0 Å². The van der Waals surface area contributed by atoms with Crippen molar-refractivity contribution < 1.29 is 27.9 Å². The minimum atomic E-state index is -5.08. The van der Waals surface area contributed by atoms with E-state index in [0.717, 1.165) is 6.42 Å². The summed E-state index contributed by atoms with van der Waals surface area (Å²) < 4.78 is 31.7. The number of carboxylic acid groups (broad SMARTS) is 1. The lowest BCUT2D eigenvalue weighted by atomic mass is 9.88. The third-order valence-corrected chi connectivity index (χ3v) is 4.66. The van der Waals surface area contributed by atoms with E-state index in [1.54, 1.807) is 7.05 Å². The third-order valence-electron chi connectivity index (χ3n) is 4.66. The molecular formula is C17H20F3N3O3. The predicted octanol–water partition coefficient (Wildman–Crippen LogP) is 2.36. The molecule has 1 fully saturated rings. The molecule has 1 saturated carbocycles. The van der Waals surface area contributed by atoms with E-state index in [4.69, 9.17) is 15.6 Å². The van der Waals surface area contributed by atoms with E-state index in [0.29, 0.717) is 24.2 Å². The van der Waals surface area contributed by atoms with Crippen LogP contribution >= 0.6 is 0 Å². The van der Waals surface area contributed by atoms with Gasteiger partial charge in [-0.15, -0.1) is 0 Å². The first-order chi connectivity index (χ1) is 12.0. The molecule has 6 nitrogen and oxygen atoms in total. The first kappa shape index (κ1) is 19.7. The van der Waals surface area contributed by atoms with Gasteiger partial charge in [0.2, 0.25) is 5.91 Å². The number of aliphatic carboxylic acids is 1. The zero-order valence-electron chi connectivity index (χ0n) is 14.3. The maximum Gasteiger partial charge on any atom is 0.490 e. The lowest BCUT2D eigenvalue weighted by Crippen LogP contribution is -2.49. The number of guanidine groups is 1. The molecule has 26 heavy (non-hydrogen) atoms. The van der Waals surface area contributed by atoms with Gasteiger partial charge in [-0.1, -0.05) is 30.3 Å². The van der Waals surface area contributed by atoms with Crippen molar-refractivity contribution in [3.8, 4) is 0 Å². The fourth-order valence-corrected chi connectivity index (χ4v) is 3.09. The Morgan fingerprint density at radius 1 is 1.35 bits per heavy atom. The fraction of sp³-hybridized carbons (Fsp3) is 0.471. The molecule has 3 atom stereocenters. The topological polar surface area (TPSA) is 96.0 Å². The number of amides is 1. The molecule has 1 aromatic rings. The van der Waals surface area contributed by atoms with E-state index in [1.165, 1.54) is 10.5 Å². The number of rotatable bonds is 2. The summed E-state index contributed by atoms with van der Waals surface area (Å²) in [6.07, 6.45) is -3.54. The second-order valence-corrected chi connectivity index (χ2v) is 6.62. The van der Waals surface area contributed by atoms with Gasteiger partial charge in [0, 0.05) is 7.05 Å². The van der Waals surface area contributed by atoms with Gasteiger partial charge in [-0.2, -0.15) is 13.2 Å². The number of nitrogens with two attached hydrogens (primary N) is 1. The van der Waals surface area contributed by atoms with Crippen LogP contribution in [0.4, 0.5) is 13.2 Å². The largest absolute Gasteiger partial charge is 0.490 e. The number of hydrogen-bond acceptors (Lipinski definition) is 4. The Bertz CT molecular complexity index is 721. The van der Waals surface area contributed by atoms with Crippen molar-refractivity contribution in [1.29, 1.82) is 0 Å². The molecule has 2 aliphatic rings. The van der Waals surface area contributed by atoms with E-state index in [9.17, 15) is 18.0 Å². The number of carboxylic acids is 1. The Morgan fingerprint density at radius 3 is 2.35 bits per heavy atom. The summed E-state index contributed by atoms with van der Waals surface area (Å²) in [6, 6.07) is 10.4. The summed E-state index contributed by atoms with van der Waals surface area (Å²) in [7, 11) is 1.68. The number of benzene rings is 1. The van der Waals surface area contributed by atoms with Gasteiger partial charge in [0.15, 0.2) is 5.96 Å². The first-order valence-corrected chi connectivity index (χ1v) is 7.92. The van der Waals surface area contributed by atoms with Crippen molar-refractivity contribution >= 4 is 17.8 Å². The van der Waals surface area contributed by atoms with Gasteiger partial charge in [-0.25, -0.2) is 9.79 Å². The molecule has 0 bridgehead atoms. The number of aliphatic imine (C=N–C) groups is 1. The van der Waals surface area contributed by atoms with E-state index in [-0.39, 0.29) is 11.4 Å². The molecule has 1 aromatic carbocycles. The highest BCUT2D eigenvalue weighted by Crippen LogP contribution is 2.56. The molecule has 0 saturated heterocycles. The van der Waals surface area contributed by atoms with Crippen molar-refractivity contribution in [2.24, 2.45) is 16.6 Å². The van der Waals surface area contributed by atoms with Crippen LogP contribution in [0.3, 0.4) is 0 Å². The minimum absolute atomic E-state index is 0.0636. The van der Waals surface area contributed by atoms with E-state index < -0.39 is 12.1 Å². The van der Waals surface area contributed by atoms with Gasteiger partial charge in [0.05, 0.1) is 12.0 Å². The molecule has 1 heterocycles. The Morgan fingerprint density at radius 2 is 1.88 bits per heavy atom. The van der Waals surface area contributed by atoms with Crippen LogP contribution in [0.15, 0.2) is 35.3 Å². The Balaban J connectivity index is 0.000000298. The van der Waals surface area contributed by atoms with Gasteiger partial charge in [0.1, 0.15) is 0 Å². The predicted molar refractivity (Wildman–Crippen MR) is 88.4 cm³/mol. The molecule has 9 heteroatoms. The molecule has 0 unspecified atom stereocenters. The molecule has 3 rings (SSSR count). The quantitative estimate of drug-likeness (QED) is 0.834. The number of nitrogens with zero attached hydrogens (tertiary/aromatic N) is 2. The highest BCUT2D eigenvalue weighted by Gasteiger charge is 2.53. The average molecular weight is 371 g/mol. The highest BCUT2D eigenvalue weighted by molar-refractivity contribution is 5.98. The van der Waals surface area contributed by atoms with Crippen LogP contribution in [0.2, 0.25) is 0 Å². The SMILES string of the molecule is CN1C(=O)C[C@](C)([C@H]2C[C@H]2c2ccccc2)N=C1N.O=C(O)C(F)(F)F. The van der Waals surface area contributed by atoms with Gasteiger partial charge in [-0.3, -0.25) is 9.69 Å². The molecule has 1 aliphatic heterocycles. The van der Waals surface area contributed by atoms with E-state index in [1.807, 2.05) is 6.07 Å². The molecule has 1 aliphatic carbocycles. The van der Waals surface area contributed by atoms with Crippen molar-refractivity contribution in [1.82, 2.24) is 4.90 Å². The summed E-state index contributed by atoms with van der Waals surface area (Å²) >= 11 is 0. The van der Waals surface area contributed by atoms with Crippen LogP contribution in [0.5, 0.6) is 0 Å². The maximum absolute atomic E-state index is 12.0. The normalized spacial score (nSPS) is 28.0. The van der Waals surface area contributed by atoms with Crippen LogP contribution in [0, 0.1) is 5.92 Å². The van der Waals surface area contributed by atoms with Crippen molar-refractivity contribution in [3.05, 3.63) is 35.9 Å². The molecular weight excluding hydrogens is 351 g/mol. The van der Waals surface area contributed by atoms with E-state index >= 15 is 0 Å². The van der Waals surface area contributed by atoms with Crippen molar-refractivity contribution in [3.63, 3.8) is 0 Å². The first-order valence-electron chi connectivity index (χ1n) is 7.92. The summed E-state index contributed by atoms with van der Waals surface area (Å²) in [5.41, 5.74) is 6.85. The molecule has 142 valence electrons. The van der Waals surface area contributed by atoms with Crippen molar-refractivity contribution in [2.45, 2.75) is 37.4 Å². The van der Waals surface area contributed by atoms with Crippen molar-refractivity contribution in [2.75, 3.05) is 7.05 Å². The number of carbonyl (C=O) groups is 2. The Hall–Kier alpha value is -2.58. The Kier molecular flexibility index (Phi) is 5.29. The van der Waals surface area contributed by atoms with Crippen LogP contribution in [0.1, 0.15) is 31.2 Å². The minimum Gasteiger partial charge on any atom is -0.475 e. The summed E-state index contributed by atoms with van der Waals surface area (Å²) in [4.78, 5) is 26.9. The average Bonchev–Trinajstić information content (AvgIpc) is 3.34.